The highest BCUT2D eigenvalue weighted by atomic mass is 19.3. The number of hydrogen-bond acceptors (Lipinski definition) is 5. The van der Waals surface area contributed by atoms with Gasteiger partial charge in [-0.3, -0.25) is 0 Å². The number of methoxy groups -OCH3 is 1. The zero-order chi connectivity index (χ0) is 17.5. The lowest BCUT2D eigenvalue weighted by Gasteiger charge is -2.16. The highest BCUT2D eigenvalue weighted by molar-refractivity contribution is 5.52. The first kappa shape index (κ1) is 16.1. The standard InChI is InChI=1S/C16H17F2N5O/c1-9-11(14(19)23-15(22-9)20-8-21-23)6-10-4-5-12(16(2,17)18)13(7-10)24-3/h4-5,7-8H,6,19H2,1-3H3. The molecule has 126 valence electrons. The summed E-state index contributed by atoms with van der Waals surface area (Å²) in [6.45, 7) is 2.67. The number of anilines is 1. The van der Waals surface area contributed by atoms with Gasteiger partial charge in [-0.15, -0.1) is 0 Å². The molecule has 0 fully saturated rings. The predicted octanol–water partition coefficient (Wildman–Crippen LogP) is 2.73. The third kappa shape index (κ3) is 2.75. The Morgan fingerprint density at radius 2 is 2.08 bits per heavy atom. The molecule has 0 atom stereocenters. The van der Waals surface area contributed by atoms with Gasteiger partial charge in [-0.05, 0) is 24.6 Å². The minimum Gasteiger partial charge on any atom is -0.496 e. The summed E-state index contributed by atoms with van der Waals surface area (Å²) < 4.78 is 33.8. The van der Waals surface area contributed by atoms with E-state index in [2.05, 4.69) is 15.1 Å². The van der Waals surface area contributed by atoms with E-state index in [0.29, 0.717) is 18.0 Å². The number of aromatic nitrogens is 4. The first-order valence-electron chi connectivity index (χ1n) is 7.31. The zero-order valence-corrected chi connectivity index (χ0v) is 13.5. The summed E-state index contributed by atoms with van der Waals surface area (Å²) in [5.74, 6) is -1.97. The minimum absolute atomic E-state index is 0.144. The van der Waals surface area contributed by atoms with Crippen LogP contribution in [0, 0.1) is 6.92 Å². The number of aryl methyl sites for hydroxylation is 1. The van der Waals surface area contributed by atoms with Crippen LogP contribution in [0.1, 0.15) is 29.3 Å². The number of fused-ring (bicyclic) bond motifs is 1. The SMILES string of the molecule is COc1cc(Cc2c(C)nc3ncnn3c2N)ccc1C(C)(F)F. The smallest absolute Gasteiger partial charge is 0.274 e. The Labute approximate surface area is 137 Å². The van der Waals surface area contributed by atoms with E-state index in [0.717, 1.165) is 23.7 Å². The molecular weight excluding hydrogens is 316 g/mol. The molecule has 0 aliphatic carbocycles. The predicted molar refractivity (Wildman–Crippen MR) is 85.3 cm³/mol. The van der Waals surface area contributed by atoms with Crippen molar-refractivity contribution in [1.82, 2.24) is 19.6 Å². The van der Waals surface area contributed by atoms with Crippen molar-refractivity contribution in [3.05, 3.63) is 46.9 Å². The second kappa shape index (κ2) is 5.70. The number of nitrogen functional groups attached to an aromatic ring is 1. The van der Waals surface area contributed by atoms with Crippen molar-refractivity contribution in [2.45, 2.75) is 26.2 Å². The Balaban J connectivity index is 2.03. The molecule has 6 nitrogen and oxygen atoms in total. The van der Waals surface area contributed by atoms with Crippen LogP contribution in [-0.2, 0) is 12.3 Å². The van der Waals surface area contributed by atoms with Crippen molar-refractivity contribution in [1.29, 1.82) is 0 Å². The van der Waals surface area contributed by atoms with E-state index in [1.54, 1.807) is 12.1 Å². The van der Waals surface area contributed by atoms with Gasteiger partial charge in [-0.2, -0.15) is 14.6 Å². The lowest BCUT2D eigenvalue weighted by molar-refractivity contribution is 0.0150. The summed E-state index contributed by atoms with van der Waals surface area (Å²) >= 11 is 0. The minimum atomic E-state index is -2.97. The van der Waals surface area contributed by atoms with Crippen molar-refractivity contribution in [2.75, 3.05) is 12.8 Å². The van der Waals surface area contributed by atoms with Gasteiger partial charge in [0.25, 0.3) is 11.7 Å². The van der Waals surface area contributed by atoms with Crippen LogP contribution in [0.3, 0.4) is 0 Å². The molecular formula is C16H17F2N5O. The van der Waals surface area contributed by atoms with Crippen molar-refractivity contribution in [2.24, 2.45) is 0 Å². The number of nitrogens with zero attached hydrogens (tertiary/aromatic N) is 4. The van der Waals surface area contributed by atoms with Crippen LogP contribution in [0.25, 0.3) is 5.78 Å². The molecule has 0 spiro atoms. The van der Waals surface area contributed by atoms with Crippen molar-refractivity contribution in [3.63, 3.8) is 0 Å². The monoisotopic (exact) mass is 333 g/mol. The van der Waals surface area contributed by atoms with E-state index in [4.69, 9.17) is 10.5 Å². The van der Waals surface area contributed by atoms with Crippen LogP contribution in [-0.4, -0.2) is 26.7 Å². The van der Waals surface area contributed by atoms with Crippen molar-refractivity contribution >= 4 is 11.6 Å². The van der Waals surface area contributed by atoms with Crippen LogP contribution in [0.15, 0.2) is 24.5 Å². The zero-order valence-electron chi connectivity index (χ0n) is 13.5. The molecule has 0 saturated heterocycles. The second-order valence-electron chi connectivity index (χ2n) is 5.63. The Hall–Kier alpha value is -2.77. The summed E-state index contributed by atoms with van der Waals surface area (Å²) in [6, 6.07) is 4.61. The Morgan fingerprint density at radius 3 is 2.75 bits per heavy atom. The second-order valence-corrected chi connectivity index (χ2v) is 5.63. The summed E-state index contributed by atoms with van der Waals surface area (Å²) in [5, 5.41) is 4.04. The van der Waals surface area contributed by atoms with Gasteiger partial charge in [0.05, 0.1) is 12.7 Å². The van der Waals surface area contributed by atoms with Gasteiger partial charge in [-0.1, -0.05) is 6.07 Å². The fourth-order valence-electron chi connectivity index (χ4n) is 2.64. The van der Waals surface area contributed by atoms with E-state index in [1.807, 2.05) is 6.92 Å². The third-order valence-corrected chi connectivity index (χ3v) is 3.89. The van der Waals surface area contributed by atoms with E-state index >= 15 is 0 Å². The molecule has 0 amide bonds. The molecule has 8 heteroatoms. The van der Waals surface area contributed by atoms with Crippen LogP contribution < -0.4 is 10.5 Å². The Bertz CT molecular complexity index is 901. The van der Waals surface area contributed by atoms with E-state index in [1.165, 1.54) is 24.0 Å². The molecule has 2 aromatic heterocycles. The van der Waals surface area contributed by atoms with Gasteiger partial charge >= 0.3 is 0 Å². The molecule has 0 unspecified atom stereocenters. The number of nitrogens with two attached hydrogens (primary N) is 1. The number of hydrogen-bond donors (Lipinski definition) is 1. The molecule has 0 saturated carbocycles. The molecule has 3 rings (SSSR count). The number of halogens is 2. The molecule has 2 N–H and O–H groups in total. The normalized spacial score (nSPS) is 11.9. The third-order valence-electron chi connectivity index (χ3n) is 3.89. The molecule has 1 aromatic carbocycles. The maximum atomic E-state index is 13.6. The number of rotatable bonds is 4. The lowest BCUT2D eigenvalue weighted by atomic mass is 10.00. The number of benzene rings is 1. The van der Waals surface area contributed by atoms with Crippen molar-refractivity contribution in [3.8, 4) is 5.75 Å². The molecule has 0 aliphatic rings. The summed E-state index contributed by atoms with van der Waals surface area (Å²) in [6.07, 6.45) is 1.80. The lowest BCUT2D eigenvalue weighted by Crippen LogP contribution is -2.11. The Kier molecular flexibility index (Phi) is 3.82. The van der Waals surface area contributed by atoms with Gasteiger partial charge < -0.3 is 10.5 Å². The van der Waals surface area contributed by atoms with Crippen LogP contribution in [0.5, 0.6) is 5.75 Å². The maximum absolute atomic E-state index is 13.6. The summed E-state index contributed by atoms with van der Waals surface area (Å²) in [4.78, 5) is 8.36. The number of alkyl halides is 2. The fraction of sp³-hybridized carbons (Fsp3) is 0.312. The van der Waals surface area contributed by atoms with Gasteiger partial charge in [0.2, 0.25) is 0 Å². The molecule has 3 aromatic rings. The molecule has 2 heterocycles. The van der Waals surface area contributed by atoms with Crippen molar-refractivity contribution < 1.29 is 13.5 Å². The highest BCUT2D eigenvalue weighted by Gasteiger charge is 2.28. The maximum Gasteiger partial charge on any atom is 0.274 e. The fourth-order valence-corrected chi connectivity index (χ4v) is 2.64. The van der Waals surface area contributed by atoms with Gasteiger partial charge in [0.15, 0.2) is 0 Å². The molecule has 0 radical (unpaired) electrons. The van der Waals surface area contributed by atoms with E-state index in [9.17, 15) is 8.78 Å². The number of ether oxygens (including phenoxy) is 1. The van der Waals surface area contributed by atoms with Crippen LogP contribution in [0.4, 0.5) is 14.6 Å². The molecule has 0 aliphatic heterocycles. The average molecular weight is 333 g/mol. The van der Waals surface area contributed by atoms with E-state index in [-0.39, 0.29) is 11.3 Å². The summed E-state index contributed by atoms with van der Waals surface area (Å²) in [5.41, 5.74) is 8.28. The molecule has 0 bridgehead atoms. The van der Waals surface area contributed by atoms with Crippen LogP contribution >= 0.6 is 0 Å². The highest BCUT2D eigenvalue weighted by Crippen LogP contribution is 2.35. The van der Waals surface area contributed by atoms with E-state index < -0.39 is 5.92 Å². The average Bonchev–Trinajstić information content (AvgIpc) is 2.98. The first-order chi connectivity index (χ1) is 11.3. The first-order valence-corrected chi connectivity index (χ1v) is 7.31. The quantitative estimate of drug-likeness (QED) is 0.794. The van der Waals surface area contributed by atoms with Gasteiger partial charge in [0, 0.05) is 24.6 Å². The Morgan fingerprint density at radius 1 is 1.33 bits per heavy atom. The largest absolute Gasteiger partial charge is 0.496 e. The topological polar surface area (TPSA) is 78.3 Å². The van der Waals surface area contributed by atoms with Gasteiger partial charge in [-0.25, -0.2) is 13.8 Å². The summed E-state index contributed by atoms with van der Waals surface area (Å²) in [7, 11) is 1.37. The van der Waals surface area contributed by atoms with Gasteiger partial charge in [0.1, 0.15) is 17.9 Å². The van der Waals surface area contributed by atoms with Crippen LogP contribution in [0.2, 0.25) is 0 Å². The molecule has 24 heavy (non-hydrogen) atoms.